The minimum atomic E-state index is 0.0257. The summed E-state index contributed by atoms with van der Waals surface area (Å²) >= 11 is 1.92. The quantitative estimate of drug-likeness (QED) is 0.173. The maximum absolute atomic E-state index is 2.59. The van der Waals surface area contributed by atoms with E-state index >= 15 is 0 Å². The molecule has 4 aliphatic carbocycles. The van der Waals surface area contributed by atoms with Crippen molar-refractivity contribution in [3.63, 3.8) is 0 Å². The number of fused-ring (bicyclic) bond motifs is 14. The first-order valence-corrected chi connectivity index (χ1v) is 20.6. The summed E-state index contributed by atoms with van der Waals surface area (Å²) in [7, 11) is 0. The van der Waals surface area contributed by atoms with Gasteiger partial charge in [0.1, 0.15) is 0 Å². The van der Waals surface area contributed by atoms with Gasteiger partial charge >= 0.3 is 0 Å². The molecule has 1 heterocycles. The van der Waals surface area contributed by atoms with E-state index in [-0.39, 0.29) is 10.8 Å². The van der Waals surface area contributed by atoms with Crippen molar-refractivity contribution in [2.45, 2.75) is 70.6 Å². The predicted octanol–water partition coefficient (Wildman–Crippen LogP) is 14.4. The molecule has 0 N–H and O–H groups in total. The Bertz CT molecular complexity index is 2600. The van der Waals surface area contributed by atoms with Gasteiger partial charge in [-0.3, -0.25) is 0 Å². The molecule has 1 aromatic heterocycles. The molecule has 52 heavy (non-hydrogen) atoms. The van der Waals surface area contributed by atoms with Crippen molar-refractivity contribution >= 4 is 31.5 Å². The maximum atomic E-state index is 2.59. The molecular weight excluding hydrogens is 645 g/mol. The van der Waals surface area contributed by atoms with Gasteiger partial charge < -0.3 is 0 Å². The summed E-state index contributed by atoms with van der Waals surface area (Å²) in [6.45, 7) is 9.74. The molecule has 6 aromatic carbocycles. The highest BCUT2D eigenvalue weighted by Crippen LogP contribution is 2.65. The van der Waals surface area contributed by atoms with Crippen molar-refractivity contribution in [3.8, 4) is 44.5 Å². The lowest BCUT2D eigenvalue weighted by Crippen LogP contribution is -2.49. The number of hydrogen-bond acceptors (Lipinski definition) is 1. The van der Waals surface area contributed by atoms with Gasteiger partial charge in [-0.2, -0.15) is 0 Å². The van der Waals surface area contributed by atoms with Crippen LogP contribution in [-0.4, -0.2) is 0 Å². The third-order valence-electron chi connectivity index (χ3n) is 14.4. The Kier molecular flexibility index (Phi) is 6.60. The molecule has 2 fully saturated rings. The fourth-order valence-corrected chi connectivity index (χ4v) is 13.2. The van der Waals surface area contributed by atoms with E-state index < -0.39 is 0 Å². The molecule has 0 aliphatic heterocycles. The van der Waals surface area contributed by atoms with Crippen LogP contribution in [-0.2, 0) is 10.8 Å². The number of thiophene rings is 1. The first-order valence-electron chi connectivity index (χ1n) is 19.8. The minimum Gasteiger partial charge on any atom is -0.135 e. The van der Waals surface area contributed by atoms with Gasteiger partial charge in [0.2, 0.25) is 0 Å². The van der Waals surface area contributed by atoms with Crippen molar-refractivity contribution in [2.24, 2.45) is 23.7 Å². The van der Waals surface area contributed by atoms with Crippen LogP contribution in [0.3, 0.4) is 0 Å². The summed E-state index contributed by atoms with van der Waals surface area (Å²) in [5, 5.41) is 2.74. The second kappa shape index (κ2) is 11.0. The van der Waals surface area contributed by atoms with Gasteiger partial charge in [-0.15, -0.1) is 11.3 Å². The molecule has 0 saturated heterocycles. The van der Waals surface area contributed by atoms with Crippen molar-refractivity contribution < 1.29 is 0 Å². The SMILES string of the molecule is CCC1CC2CC(C)C3(c4ccccc4-c4c(-c5ccc6sc7ccc(-c8ccc9c(c8)-c8ccccc8C9(C)C)cc7c6c5)cccc43)C(C1)C2. The Labute approximate surface area is 312 Å². The smallest absolute Gasteiger partial charge is 0.0355 e. The van der Waals surface area contributed by atoms with E-state index in [1.165, 1.54) is 108 Å². The van der Waals surface area contributed by atoms with E-state index in [4.69, 9.17) is 0 Å². The van der Waals surface area contributed by atoms with Gasteiger partial charge in [0.05, 0.1) is 0 Å². The van der Waals surface area contributed by atoms with E-state index in [1.807, 2.05) is 11.3 Å². The highest BCUT2D eigenvalue weighted by atomic mass is 32.1. The molecule has 1 heteroatoms. The van der Waals surface area contributed by atoms with Crippen molar-refractivity contribution in [1.82, 2.24) is 0 Å². The summed E-state index contributed by atoms with van der Waals surface area (Å²) in [6.07, 6.45) is 6.88. The van der Waals surface area contributed by atoms with Crippen LogP contribution in [0.5, 0.6) is 0 Å². The monoisotopic (exact) mass is 690 g/mol. The Morgan fingerprint density at radius 3 is 2.00 bits per heavy atom. The first-order chi connectivity index (χ1) is 25.4. The number of hydrogen-bond donors (Lipinski definition) is 0. The molecule has 7 aromatic rings. The fraction of sp³-hybridized carbons (Fsp3) is 0.294. The second-order valence-electron chi connectivity index (χ2n) is 17.3. The second-order valence-corrected chi connectivity index (χ2v) is 18.4. The number of benzene rings is 6. The van der Waals surface area contributed by atoms with Crippen LogP contribution in [0.4, 0.5) is 0 Å². The highest BCUT2D eigenvalue weighted by molar-refractivity contribution is 7.25. The van der Waals surface area contributed by atoms with Crippen molar-refractivity contribution in [1.29, 1.82) is 0 Å². The average molecular weight is 691 g/mol. The Morgan fingerprint density at radius 2 is 1.19 bits per heavy atom. The topological polar surface area (TPSA) is 0 Å². The molecule has 5 unspecified atom stereocenters. The summed E-state index contributed by atoms with van der Waals surface area (Å²) in [5.41, 5.74) is 17.3. The van der Waals surface area contributed by atoms with Gasteiger partial charge in [-0.1, -0.05) is 125 Å². The predicted molar refractivity (Wildman–Crippen MR) is 222 cm³/mol. The first kappa shape index (κ1) is 31.1. The standard InChI is InChI=1S/C51H46S/c1-5-31-24-32-23-30(2)51(36(25-31)26-32)45-15-9-7-12-39(45)49-37(13-10-16-46(49)51)35-19-22-48-42(29-35)41-28-34(18-21-47(41)52-48)33-17-20-44-40(27-33)38-11-6-8-14-43(38)50(44,3)4/h6-22,27-32,36H,5,23-26H2,1-4H3. The summed E-state index contributed by atoms with van der Waals surface area (Å²) in [5.74, 6) is 3.12. The molecule has 256 valence electrons. The van der Waals surface area contributed by atoms with Crippen LogP contribution in [0.25, 0.3) is 64.7 Å². The normalized spacial score (nSPS) is 24.9. The third kappa shape index (κ3) is 4.09. The highest BCUT2D eigenvalue weighted by Gasteiger charge is 2.57. The molecule has 11 rings (SSSR count). The maximum Gasteiger partial charge on any atom is 0.0355 e. The van der Waals surface area contributed by atoms with Crippen LogP contribution < -0.4 is 0 Å². The third-order valence-corrected chi connectivity index (χ3v) is 15.6. The zero-order chi connectivity index (χ0) is 34.9. The molecule has 0 amide bonds. The molecule has 2 bridgehead atoms. The molecule has 0 nitrogen and oxygen atoms in total. The number of rotatable bonds is 3. The van der Waals surface area contributed by atoms with Gasteiger partial charge in [0.15, 0.2) is 0 Å². The van der Waals surface area contributed by atoms with E-state index in [9.17, 15) is 0 Å². The zero-order valence-corrected chi connectivity index (χ0v) is 31.6. The van der Waals surface area contributed by atoms with E-state index in [0.29, 0.717) is 5.92 Å². The fourth-order valence-electron chi connectivity index (χ4n) is 12.2. The minimum absolute atomic E-state index is 0.0257. The average Bonchev–Trinajstić information content (AvgIpc) is 3.77. The van der Waals surface area contributed by atoms with Crippen LogP contribution in [0.2, 0.25) is 0 Å². The van der Waals surface area contributed by atoms with Gasteiger partial charge in [-0.25, -0.2) is 0 Å². The molecular formula is C51H46S. The van der Waals surface area contributed by atoms with Crippen LogP contribution >= 0.6 is 11.3 Å². The summed E-state index contributed by atoms with van der Waals surface area (Å²) in [4.78, 5) is 0. The van der Waals surface area contributed by atoms with Crippen LogP contribution in [0.15, 0.2) is 121 Å². The molecule has 4 aliphatic rings. The van der Waals surface area contributed by atoms with Crippen molar-refractivity contribution in [3.05, 3.63) is 144 Å². The van der Waals surface area contributed by atoms with Crippen LogP contribution in [0.1, 0.15) is 82.1 Å². The van der Waals surface area contributed by atoms with E-state index in [0.717, 1.165) is 17.8 Å². The zero-order valence-electron chi connectivity index (χ0n) is 30.8. The molecule has 0 radical (unpaired) electrons. The summed E-state index contributed by atoms with van der Waals surface area (Å²) < 4.78 is 2.73. The van der Waals surface area contributed by atoms with Gasteiger partial charge in [0, 0.05) is 31.0 Å². The molecule has 5 atom stereocenters. The Hall–Kier alpha value is -4.46. The lowest BCUT2D eigenvalue weighted by Gasteiger charge is -2.54. The molecule has 1 spiro atoms. The largest absolute Gasteiger partial charge is 0.135 e. The van der Waals surface area contributed by atoms with Crippen LogP contribution in [0, 0.1) is 23.7 Å². The Balaban J connectivity index is 1.05. The van der Waals surface area contributed by atoms with E-state index in [1.54, 1.807) is 11.1 Å². The van der Waals surface area contributed by atoms with Gasteiger partial charge in [0.25, 0.3) is 0 Å². The lowest BCUT2D eigenvalue weighted by atomic mass is 9.49. The molecule has 2 saturated carbocycles. The van der Waals surface area contributed by atoms with Crippen molar-refractivity contribution in [2.75, 3.05) is 0 Å². The van der Waals surface area contributed by atoms with Gasteiger partial charge in [-0.05, 0) is 146 Å². The lowest BCUT2D eigenvalue weighted by molar-refractivity contribution is 0.0368. The Morgan fingerprint density at radius 1 is 0.558 bits per heavy atom. The summed E-state index contributed by atoms with van der Waals surface area (Å²) in [6, 6.07) is 47.4. The van der Waals surface area contributed by atoms with E-state index in [2.05, 4.69) is 149 Å².